The van der Waals surface area contributed by atoms with E-state index in [2.05, 4.69) is 80.8 Å². The van der Waals surface area contributed by atoms with Crippen molar-refractivity contribution in [3.63, 3.8) is 0 Å². The topological polar surface area (TPSA) is 44.3 Å². The third-order valence-electron chi connectivity index (χ3n) is 5.35. The van der Waals surface area contributed by atoms with Gasteiger partial charge in [0.15, 0.2) is 0 Å². The predicted molar refractivity (Wildman–Crippen MR) is 119 cm³/mol. The molecular formula is C24H29N5. The Bertz CT molecular complexity index is 861. The lowest BCUT2D eigenvalue weighted by Gasteiger charge is -2.35. The number of piperazine rings is 1. The Labute approximate surface area is 173 Å². The fourth-order valence-corrected chi connectivity index (χ4v) is 3.72. The fraction of sp³-hybridized carbons (Fsp3) is 0.333. The van der Waals surface area contributed by atoms with Crippen LogP contribution in [0.25, 0.3) is 0 Å². The lowest BCUT2D eigenvalue weighted by Crippen LogP contribution is -2.46. The Hall–Kier alpha value is -2.92. The summed E-state index contributed by atoms with van der Waals surface area (Å²) < 4.78 is 0. The Morgan fingerprint density at radius 1 is 0.793 bits per heavy atom. The second-order valence-electron chi connectivity index (χ2n) is 7.50. The van der Waals surface area contributed by atoms with Crippen LogP contribution in [-0.4, -0.2) is 47.6 Å². The zero-order valence-corrected chi connectivity index (χ0v) is 16.9. The van der Waals surface area contributed by atoms with Crippen molar-refractivity contribution in [2.75, 3.05) is 42.9 Å². The molecule has 2 heterocycles. The minimum atomic E-state index is 0.724. The molecule has 1 aromatic heterocycles. The Kier molecular flexibility index (Phi) is 6.71. The van der Waals surface area contributed by atoms with Crippen LogP contribution < -0.4 is 10.2 Å². The van der Waals surface area contributed by atoms with Gasteiger partial charge in [0.25, 0.3) is 0 Å². The molecule has 1 aliphatic heterocycles. The number of rotatable bonds is 8. The standard InChI is InChI=1S/C24H29N5/c1-3-8-21(9-4-1)12-7-14-25-24-26-15-13-23(27-24)29-18-16-28(17-19-29)20-22-10-5-2-6-11-22/h1-6,8-11,13,15H,7,12,14,16-20H2,(H,25,26,27). The van der Waals surface area contributed by atoms with E-state index in [-0.39, 0.29) is 0 Å². The van der Waals surface area contributed by atoms with Crippen LogP contribution in [0.1, 0.15) is 17.5 Å². The average molecular weight is 388 g/mol. The number of benzene rings is 2. The highest BCUT2D eigenvalue weighted by molar-refractivity contribution is 5.43. The summed E-state index contributed by atoms with van der Waals surface area (Å²) in [6, 6.07) is 23.3. The minimum absolute atomic E-state index is 0.724. The van der Waals surface area contributed by atoms with Crippen LogP contribution in [0.4, 0.5) is 11.8 Å². The number of aryl methyl sites for hydroxylation is 1. The number of anilines is 2. The number of nitrogens with zero attached hydrogens (tertiary/aromatic N) is 4. The van der Waals surface area contributed by atoms with Crippen LogP contribution in [0.15, 0.2) is 72.9 Å². The third-order valence-corrected chi connectivity index (χ3v) is 5.35. The van der Waals surface area contributed by atoms with Crippen molar-refractivity contribution in [2.24, 2.45) is 0 Å². The fourth-order valence-electron chi connectivity index (χ4n) is 3.72. The molecule has 5 heteroatoms. The molecule has 0 radical (unpaired) electrons. The first kappa shape index (κ1) is 19.4. The van der Waals surface area contributed by atoms with Gasteiger partial charge in [0.2, 0.25) is 5.95 Å². The molecule has 0 atom stereocenters. The number of aromatic nitrogens is 2. The molecule has 0 saturated carbocycles. The second-order valence-corrected chi connectivity index (χ2v) is 7.50. The molecule has 1 N–H and O–H groups in total. The smallest absolute Gasteiger partial charge is 0.224 e. The molecule has 3 aromatic rings. The van der Waals surface area contributed by atoms with Crippen LogP contribution in [0.5, 0.6) is 0 Å². The Morgan fingerprint density at radius 2 is 1.48 bits per heavy atom. The van der Waals surface area contributed by atoms with Gasteiger partial charge < -0.3 is 10.2 Å². The molecule has 1 fully saturated rings. The van der Waals surface area contributed by atoms with Gasteiger partial charge in [-0.2, -0.15) is 4.98 Å². The van der Waals surface area contributed by atoms with Crippen LogP contribution in [0.2, 0.25) is 0 Å². The van der Waals surface area contributed by atoms with Crippen molar-refractivity contribution in [1.29, 1.82) is 0 Å². The van der Waals surface area contributed by atoms with Gasteiger partial charge in [-0.1, -0.05) is 60.7 Å². The van der Waals surface area contributed by atoms with Crippen molar-refractivity contribution >= 4 is 11.8 Å². The third kappa shape index (κ3) is 5.78. The SMILES string of the molecule is c1ccc(CCCNc2nccc(N3CCN(Cc4ccccc4)CC3)n2)cc1. The normalized spacial score (nSPS) is 14.7. The van der Waals surface area contributed by atoms with Gasteiger partial charge in [-0.3, -0.25) is 4.90 Å². The summed E-state index contributed by atoms with van der Waals surface area (Å²) in [7, 11) is 0. The van der Waals surface area contributed by atoms with Crippen LogP contribution in [0, 0.1) is 0 Å². The van der Waals surface area contributed by atoms with Crippen molar-refractivity contribution in [3.05, 3.63) is 84.1 Å². The van der Waals surface area contributed by atoms with E-state index in [4.69, 9.17) is 4.98 Å². The minimum Gasteiger partial charge on any atom is -0.354 e. The number of hydrogen-bond donors (Lipinski definition) is 1. The van der Waals surface area contributed by atoms with E-state index < -0.39 is 0 Å². The van der Waals surface area contributed by atoms with Gasteiger partial charge in [0, 0.05) is 45.5 Å². The van der Waals surface area contributed by atoms with E-state index in [0.717, 1.165) is 63.9 Å². The second kappa shape index (κ2) is 10.0. The molecule has 0 aliphatic carbocycles. The summed E-state index contributed by atoms with van der Waals surface area (Å²) >= 11 is 0. The zero-order chi connectivity index (χ0) is 19.7. The number of nitrogens with one attached hydrogen (secondary N) is 1. The first-order chi connectivity index (χ1) is 14.4. The van der Waals surface area contributed by atoms with Gasteiger partial charge in [0.05, 0.1) is 0 Å². The molecule has 150 valence electrons. The summed E-state index contributed by atoms with van der Waals surface area (Å²) in [5, 5.41) is 3.38. The van der Waals surface area contributed by atoms with E-state index >= 15 is 0 Å². The summed E-state index contributed by atoms with van der Waals surface area (Å²) in [4.78, 5) is 14.0. The maximum absolute atomic E-state index is 4.74. The van der Waals surface area contributed by atoms with Crippen molar-refractivity contribution in [3.8, 4) is 0 Å². The van der Waals surface area contributed by atoms with Crippen LogP contribution in [-0.2, 0) is 13.0 Å². The summed E-state index contributed by atoms with van der Waals surface area (Å²) in [5.74, 6) is 1.74. The molecule has 1 aliphatic rings. The maximum atomic E-state index is 4.74. The molecule has 0 spiro atoms. The van der Waals surface area contributed by atoms with E-state index in [1.165, 1.54) is 11.1 Å². The highest BCUT2D eigenvalue weighted by atomic mass is 15.3. The van der Waals surface area contributed by atoms with Gasteiger partial charge >= 0.3 is 0 Å². The summed E-state index contributed by atoms with van der Waals surface area (Å²) in [5.41, 5.74) is 2.75. The van der Waals surface area contributed by atoms with Gasteiger partial charge in [0.1, 0.15) is 5.82 Å². The monoisotopic (exact) mass is 387 g/mol. The highest BCUT2D eigenvalue weighted by Gasteiger charge is 2.18. The molecule has 4 rings (SSSR count). The largest absolute Gasteiger partial charge is 0.354 e. The van der Waals surface area contributed by atoms with Crippen LogP contribution in [0.3, 0.4) is 0 Å². The van der Waals surface area contributed by atoms with Crippen molar-refractivity contribution in [1.82, 2.24) is 14.9 Å². The first-order valence-electron chi connectivity index (χ1n) is 10.5. The molecule has 1 saturated heterocycles. The highest BCUT2D eigenvalue weighted by Crippen LogP contribution is 2.16. The summed E-state index contributed by atoms with van der Waals surface area (Å²) in [6.07, 6.45) is 3.99. The maximum Gasteiger partial charge on any atom is 0.224 e. The summed E-state index contributed by atoms with van der Waals surface area (Å²) in [6.45, 7) is 6.00. The van der Waals surface area contributed by atoms with E-state index in [0.29, 0.717) is 0 Å². The van der Waals surface area contributed by atoms with E-state index in [9.17, 15) is 0 Å². The van der Waals surface area contributed by atoms with E-state index in [1.54, 1.807) is 0 Å². The molecular weight excluding hydrogens is 358 g/mol. The molecule has 0 unspecified atom stereocenters. The molecule has 29 heavy (non-hydrogen) atoms. The quantitative estimate of drug-likeness (QED) is 0.595. The van der Waals surface area contributed by atoms with Crippen molar-refractivity contribution in [2.45, 2.75) is 19.4 Å². The Balaban J connectivity index is 1.23. The van der Waals surface area contributed by atoms with Crippen LogP contribution >= 0.6 is 0 Å². The molecule has 0 amide bonds. The zero-order valence-electron chi connectivity index (χ0n) is 16.9. The first-order valence-corrected chi connectivity index (χ1v) is 10.5. The predicted octanol–water partition coefficient (Wildman–Crippen LogP) is 3.84. The average Bonchev–Trinajstić information content (AvgIpc) is 2.79. The van der Waals surface area contributed by atoms with E-state index in [1.807, 2.05) is 12.3 Å². The van der Waals surface area contributed by atoms with Gasteiger partial charge in [-0.15, -0.1) is 0 Å². The Morgan fingerprint density at radius 3 is 2.21 bits per heavy atom. The molecule has 0 bridgehead atoms. The lowest BCUT2D eigenvalue weighted by molar-refractivity contribution is 0.249. The molecule has 5 nitrogen and oxygen atoms in total. The van der Waals surface area contributed by atoms with Crippen molar-refractivity contribution < 1.29 is 0 Å². The van der Waals surface area contributed by atoms with Gasteiger partial charge in [-0.05, 0) is 30.0 Å². The number of hydrogen-bond acceptors (Lipinski definition) is 5. The lowest BCUT2D eigenvalue weighted by atomic mass is 10.1. The van der Waals surface area contributed by atoms with Gasteiger partial charge in [-0.25, -0.2) is 4.98 Å². The molecule has 2 aromatic carbocycles.